The van der Waals surface area contributed by atoms with Gasteiger partial charge in [-0.3, -0.25) is 0 Å². The van der Waals surface area contributed by atoms with Crippen LogP contribution in [0.4, 0.5) is 0 Å². The lowest BCUT2D eigenvalue weighted by Gasteiger charge is -2.07. The third-order valence-electron chi connectivity index (χ3n) is 2.51. The first kappa shape index (κ1) is 11.5. The second-order valence-corrected chi connectivity index (χ2v) is 3.64. The zero-order chi connectivity index (χ0) is 12.1. The molecule has 1 radical (unpaired) electrons. The van der Waals surface area contributed by atoms with E-state index in [1.165, 1.54) is 5.56 Å². The van der Waals surface area contributed by atoms with Gasteiger partial charge in [0.1, 0.15) is 17.2 Å². The molecule has 0 N–H and O–H groups in total. The van der Waals surface area contributed by atoms with Gasteiger partial charge in [0.05, 0.1) is 7.11 Å². The summed E-state index contributed by atoms with van der Waals surface area (Å²) in [6, 6.07) is 15.5. The second kappa shape index (κ2) is 5.39. The maximum atomic E-state index is 5.71. The van der Waals surface area contributed by atoms with Crippen LogP contribution in [0.15, 0.2) is 48.5 Å². The van der Waals surface area contributed by atoms with Gasteiger partial charge in [-0.1, -0.05) is 19.1 Å². The molecule has 0 bridgehead atoms. The molecule has 0 aliphatic heterocycles. The molecule has 0 heterocycles. The van der Waals surface area contributed by atoms with Crippen LogP contribution in [0.3, 0.4) is 0 Å². The molecule has 2 nitrogen and oxygen atoms in total. The normalized spacial score (nSPS) is 10.0. The van der Waals surface area contributed by atoms with E-state index in [0.717, 1.165) is 17.2 Å². The minimum atomic E-state index is 0.805. The summed E-state index contributed by atoms with van der Waals surface area (Å²) >= 11 is 0. The molecular weight excluding hydrogens is 212 g/mol. The summed E-state index contributed by atoms with van der Waals surface area (Å²) in [6.45, 7) is 2.01. The molecule has 0 amide bonds. The minimum absolute atomic E-state index is 0.805. The van der Waals surface area contributed by atoms with E-state index in [2.05, 4.69) is 6.42 Å². The molecule has 87 valence electrons. The fraction of sp³-hybridized carbons (Fsp3) is 0.133. The van der Waals surface area contributed by atoms with E-state index in [4.69, 9.17) is 9.47 Å². The maximum absolute atomic E-state index is 5.71. The van der Waals surface area contributed by atoms with Crippen LogP contribution in [-0.4, -0.2) is 7.11 Å². The predicted octanol–water partition coefficient (Wildman–Crippen LogP) is 4.06. The van der Waals surface area contributed by atoms with Gasteiger partial charge in [0.25, 0.3) is 0 Å². The molecule has 0 aliphatic carbocycles. The van der Waals surface area contributed by atoms with Gasteiger partial charge in [0.15, 0.2) is 0 Å². The van der Waals surface area contributed by atoms with Crippen molar-refractivity contribution >= 4 is 0 Å². The van der Waals surface area contributed by atoms with E-state index in [9.17, 15) is 0 Å². The quantitative estimate of drug-likeness (QED) is 0.784. The van der Waals surface area contributed by atoms with E-state index in [-0.39, 0.29) is 0 Å². The molecule has 0 saturated heterocycles. The standard InChI is InChI=1S/C15H15O2/c1-3-12-4-6-14(7-5-12)17-15-10-8-13(16-2)9-11-15/h3-11H,1-2H3. The van der Waals surface area contributed by atoms with Crippen LogP contribution in [0.2, 0.25) is 0 Å². The highest BCUT2D eigenvalue weighted by molar-refractivity contribution is 5.37. The summed E-state index contributed by atoms with van der Waals surface area (Å²) in [5.41, 5.74) is 1.19. The van der Waals surface area contributed by atoms with Crippen molar-refractivity contribution < 1.29 is 9.47 Å². The van der Waals surface area contributed by atoms with Crippen molar-refractivity contribution in [1.29, 1.82) is 0 Å². The molecule has 2 rings (SSSR count). The Morgan fingerprint density at radius 2 is 1.24 bits per heavy atom. The van der Waals surface area contributed by atoms with Crippen molar-refractivity contribution in [3.8, 4) is 17.2 Å². The van der Waals surface area contributed by atoms with Crippen molar-refractivity contribution in [3.63, 3.8) is 0 Å². The fourth-order valence-electron chi connectivity index (χ4n) is 1.51. The van der Waals surface area contributed by atoms with Crippen LogP contribution in [0.1, 0.15) is 12.5 Å². The first-order chi connectivity index (χ1) is 8.31. The zero-order valence-corrected chi connectivity index (χ0v) is 10.0. The second-order valence-electron chi connectivity index (χ2n) is 3.64. The minimum Gasteiger partial charge on any atom is -0.497 e. The highest BCUT2D eigenvalue weighted by Gasteiger charge is 1.98. The zero-order valence-electron chi connectivity index (χ0n) is 10.0. The lowest BCUT2D eigenvalue weighted by molar-refractivity contribution is 0.413. The molecule has 17 heavy (non-hydrogen) atoms. The number of rotatable bonds is 4. The predicted molar refractivity (Wildman–Crippen MR) is 68.6 cm³/mol. The Morgan fingerprint density at radius 1 is 0.765 bits per heavy atom. The third kappa shape index (κ3) is 3.00. The molecule has 0 saturated carbocycles. The van der Waals surface area contributed by atoms with E-state index >= 15 is 0 Å². The Morgan fingerprint density at radius 3 is 1.71 bits per heavy atom. The van der Waals surface area contributed by atoms with Gasteiger partial charge in [-0.2, -0.15) is 0 Å². The summed E-state index contributed by atoms with van der Waals surface area (Å²) in [6.07, 6.45) is 2.05. The van der Waals surface area contributed by atoms with Gasteiger partial charge in [-0.15, -0.1) is 0 Å². The molecular formula is C15H15O2. The van der Waals surface area contributed by atoms with Crippen LogP contribution in [0.5, 0.6) is 17.2 Å². The fourth-order valence-corrected chi connectivity index (χ4v) is 1.51. The summed E-state index contributed by atoms with van der Waals surface area (Å²) < 4.78 is 10.8. The number of ether oxygens (including phenoxy) is 2. The van der Waals surface area contributed by atoms with Crippen LogP contribution >= 0.6 is 0 Å². The van der Waals surface area contributed by atoms with E-state index in [1.807, 2.05) is 55.5 Å². The van der Waals surface area contributed by atoms with E-state index in [1.54, 1.807) is 7.11 Å². The highest BCUT2D eigenvalue weighted by atomic mass is 16.5. The van der Waals surface area contributed by atoms with Crippen molar-refractivity contribution in [1.82, 2.24) is 0 Å². The van der Waals surface area contributed by atoms with Gasteiger partial charge >= 0.3 is 0 Å². The lowest BCUT2D eigenvalue weighted by Crippen LogP contribution is -1.86. The van der Waals surface area contributed by atoms with Crippen molar-refractivity contribution in [3.05, 3.63) is 60.5 Å². The van der Waals surface area contributed by atoms with Crippen LogP contribution in [0, 0.1) is 6.42 Å². The highest BCUT2D eigenvalue weighted by Crippen LogP contribution is 2.24. The molecule has 0 fully saturated rings. The lowest BCUT2D eigenvalue weighted by atomic mass is 10.2. The largest absolute Gasteiger partial charge is 0.497 e. The van der Waals surface area contributed by atoms with E-state index in [0.29, 0.717) is 0 Å². The summed E-state index contributed by atoms with van der Waals surface area (Å²) in [5.74, 6) is 2.47. The van der Waals surface area contributed by atoms with Gasteiger partial charge < -0.3 is 9.47 Å². The maximum Gasteiger partial charge on any atom is 0.127 e. The van der Waals surface area contributed by atoms with Crippen molar-refractivity contribution in [2.24, 2.45) is 0 Å². The molecule has 0 aliphatic rings. The molecule has 0 atom stereocenters. The Kier molecular flexibility index (Phi) is 3.66. The number of benzene rings is 2. The summed E-state index contributed by atoms with van der Waals surface area (Å²) in [5, 5.41) is 0. The average molecular weight is 227 g/mol. The van der Waals surface area contributed by atoms with Crippen LogP contribution < -0.4 is 9.47 Å². The first-order valence-corrected chi connectivity index (χ1v) is 5.53. The summed E-state index contributed by atoms with van der Waals surface area (Å²) in [4.78, 5) is 0. The van der Waals surface area contributed by atoms with E-state index < -0.39 is 0 Å². The molecule has 2 aromatic rings. The number of hydrogen-bond donors (Lipinski definition) is 0. The first-order valence-electron chi connectivity index (χ1n) is 5.53. The SMILES string of the molecule is C[CH]c1ccc(Oc2ccc(OC)cc2)cc1. The number of hydrogen-bond acceptors (Lipinski definition) is 2. The molecule has 2 aromatic carbocycles. The van der Waals surface area contributed by atoms with Crippen molar-refractivity contribution in [2.45, 2.75) is 6.92 Å². The van der Waals surface area contributed by atoms with Gasteiger partial charge in [0.2, 0.25) is 0 Å². The number of methoxy groups -OCH3 is 1. The molecule has 0 aromatic heterocycles. The molecule has 0 unspecified atom stereocenters. The Hall–Kier alpha value is -1.96. The Balaban J connectivity index is 2.08. The Bertz CT molecular complexity index is 412. The smallest absolute Gasteiger partial charge is 0.127 e. The van der Waals surface area contributed by atoms with Crippen LogP contribution in [0.25, 0.3) is 0 Å². The topological polar surface area (TPSA) is 18.5 Å². The van der Waals surface area contributed by atoms with Gasteiger partial charge in [-0.25, -0.2) is 0 Å². The Labute approximate surface area is 102 Å². The third-order valence-corrected chi connectivity index (χ3v) is 2.51. The average Bonchev–Trinajstić information content (AvgIpc) is 2.40. The molecule has 2 heteroatoms. The molecule has 0 spiro atoms. The van der Waals surface area contributed by atoms with Gasteiger partial charge in [-0.05, 0) is 48.4 Å². The van der Waals surface area contributed by atoms with Gasteiger partial charge in [0, 0.05) is 0 Å². The van der Waals surface area contributed by atoms with Crippen LogP contribution in [-0.2, 0) is 0 Å². The summed E-state index contributed by atoms with van der Waals surface area (Å²) in [7, 11) is 1.65. The monoisotopic (exact) mass is 227 g/mol. The van der Waals surface area contributed by atoms with Crippen molar-refractivity contribution in [2.75, 3.05) is 7.11 Å².